The van der Waals surface area contributed by atoms with Gasteiger partial charge in [0.15, 0.2) is 0 Å². The second-order valence-corrected chi connectivity index (χ2v) is 7.54. The standard InChI is InChI=1S/C19H24F3NO3/c1-18(2,19(20,21)22)11-16(24)23-15(17(25)26)10-13-8-5-7-12-6-3-4-9-14(12)13/h3-4,6,9,13,15H,5,7-8,10-11H2,1-2H3,(H,23,24)(H,25,26). The highest BCUT2D eigenvalue weighted by Gasteiger charge is 2.48. The summed E-state index contributed by atoms with van der Waals surface area (Å²) in [6.45, 7) is 1.86. The number of carbonyl (C=O) groups is 2. The van der Waals surface area contributed by atoms with Crippen molar-refractivity contribution in [3.8, 4) is 0 Å². The SMILES string of the molecule is CC(C)(CC(=O)NC(CC1CCCc2ccccc21)C(=O)O)C(F)(F)F. The van der Waals surface area contributed by atoms with Crippen LogP contribution >= 0.6 is 0 Å². The predicted octanol–water partition coefficient (Wildman–Crippen LogP) is 4.04. The molecular formula is C19H24F3NO3. The summed E-state index contributed by atoms with van der Waals surface area (Å²) in [4.78, 5) is 23.6. The Bertz CT molecular complexity index is 670. The molecule has 0 aliphatic heterocycles. The fraction of sp³-hybridized carbons (Fsp3) is 0.579. The molecule has 1 aromatic carbocycles. The topological polar surface area (TPSA) is 66.4 Å². The van der Waals surface area contributed by atoms with Crippen molar-refractivity contribution >= 4 is 11.9 Å². The van der Waals surface area contributed by atoms with Gasteiger partial charge >= 0.3 is 12.1 Å². The molecule has 26 heavy (non-hydrogen) atoms. The smallest absolute Gasteiger partial charge is 0.394 e. The largest absolute Gasteiger partial charge is 0.480 e. The summed E-state index contributed by atoms with van der Waals surface area (Å²) in [6, 6.07) is 6.56. The van der Waals surface area contributed by atoms with Gasteiger partial charge < -0.3 is 10.4 Å². The molecule has 1 aromatic rings. The zero-order chi connectivity index (χ0) is 19.5. The van der Waals surface area contributed by atoms with Gasteiger partial charge in [0, 0.05) is 6.42 Å². The number of carbonyl (C=O) groups excluding carboxylic acids is 1. The Kier molecular flexibility index (Phi) is 5.98. The second kappa shape index (κ2) is 7.68. The molecule has 0 saturated heterocycles. The van der Waals surface area contributed by atoms with E-state index in [-0.39, 0.29) is 12.3 Å². The number of fused-ring (bicyclic) bond motifs is 1. The van der Waals surface area contributed by atoms with Gasteiger partial charge in [0.2, 0.25) is 5.91 Å². The summed E-state index contributed by atoms with van der Waals surface area (Å²) in [5, 5.41) is 11.7. The molecule has 7 heteroatoms. The van der Waals surface area contributed by atoms with Crippen molar-refractivity contribution in [1.29, 1.82) is 0 Å². The fourth-order valence-electron chi connectivity index (χ4n) is 3.35. The molecule has 0 fully saturated rings. The van der Waals surface area contributed by atoms with E-state index in [2.05, 4.69) is 5.32 Å². The van der Waals surface area contributed by atoms with Crippen LogP contribution in [0.2, 0.25) is 0 Å². The number of hydrogen-bond acceptors (Lipinski definition) is 2. The summed E-state index contributed by atoms with van der Waals surface area (Å²) in [6.07, 6.45) is -2.53. The second-order valence-electron chi connectivity index (χ2n) is 7.54. The average molecular weight is 371 g/mol. The third-order valence-corrected chi connectivity index (χ3v) is 5.02. The molecule has 144 valence electrons. The number of alkyl halides is 3. The molecule has 4 nitrogen and oxygen atoms in total. The third-order valence-electron chi connectivity index (χ3n) is 5.02. The quantitative estimate of drug-likeness (QED) is 0.793. The first-order valence-corrected chi connectivity index (χ1v) is 8.68. The van der Waals surface area contributed by atoms with E-state index in [1.54, 1.807) is 0 Å². The Hall–Kier alpha value is -2.05. The summed E-state index contributed by atoms with van der Waals surface area (Å²) < 4.78 is 38.8. The highest BCUT2D eigenvalue weighted by atomic mass is 19.4. The van der Waals surface area contributed by atoms with E-state index < -0.39 is 35.9 Å². The summed E-state index contributed by atoms with van der Waals surface area (Å²) in [5.41, 5.74) is 0.0182. The Morgan fingerprint density at radius 1 is 1.27 bits per heavy atom. The minimum Gasteiger partial charge on any atom is -0.480 e. The van der Waals surface area contributed by atoms with Crippen molar-refractivity contribution in [2.45, 2.75) is 64.1 Å². The maximum Gasteiger partial charge on any atom is 0.394 e. The molecule has 1 amide bonds. The van der Waals surface area contributed by atoms with Crippen LogP contribution in [0.5, 0.6) is 0 Å². The van der Waals surface area contributed by atoms with Crippen LogP contribution in [0, 0.1) is 5.41 Å². The van der Waals surface area contributed by atoms with Gasteiger partial charge in [0.05, 0.1) is 5.41 Å². The van der Waals surface area contributed by atoms with Crippen LogP contribution in [0.1, 0.15) is 56.6 Å². The van der Waals surface area contributed by atoms with Crippen molar-refractivity contribution < 1.29 is 27.9 Å². The van der Waals surface area contributed by atoms with Gasteiger partial charge in [-0.1, -0.05) is 38.1 Å². The molecule has 2 unspecified atom stereocenters. The molecule has 0 heterocycles. The molecule has 0 radical (unpaired) electrons. The highest BCUT2D eigenvalue weighted by molar-refractivity contribution is 5.84. The van der Waals surface area contributed by atoms with Gasteiger partial charge in [-0.2, -0.15) is 13.2 Å². The fourth-order valence-corrected chi connectivity index (χ4v) is 3.35. The Labute approximate surface area is 150 Å². The number of halogens is 3. The number of hydrogen-bond donors (Lipinski definition) is 2. The van der Waals surface area contributed by atoms with Gasteiger partial charge in [-0.3, -0.25) is 4.79 Å². The molecule has 1 aliphatic rings. The highest BCUT2D eigenvalue weighted by Crippen LogP contribution is 2.40. The number of benzene rings is 1. The lowest BCUT2D eigenvalue weighted by molar-refractivity contribution is -0.213. The van der Waals surface area contributed by atoms with E-state index in [0.717, 1.165) is 44.2 Å². The van der Waals surface area contributed by atoms with Crippen LogP contribution in [0.15, 0.2) is 24.3 Å². The van der Waals surface area contributed by atoms with E-state index >= 15 is 0 Å². The van der Waals surface area contributed by atoms with Gasteiger partial charge in [0.25, 0.3) is 0 Å². The van der Waals surface area contributed by atoms with Crippen LogP contribution in [0.25, 0.3) is 0 Å². The van der Waals surface area contributed by atoms with Crippen LogP contribution in [0.4, 0.5) is 13.2 Å². The van der Waals surface area contributed by atoms with E-state index in [1.165, 1.54) is 0 Å². The molecule has 1 aliphatic carbocycles. The van der Waals surface area contributed by atoms with Gasteiger partial charge in [0.1, 0.15) is 6.04 Å². The minimum absolute atomic E-state index is 0.0306. The first-order chi connectivity index (χ1) is 12.0. The Balaban J connectivity index is 2.07. The minimum atomic E-state index is -4.54. The van der Waals surface area contributed by atoms with Gasteiger partial charge in [-0.25, -0.2) is 4.79 Å². The third kappa shape index (κ3) is 4.77. The van der Waals surface area contributed by atoms with Crippen molar-refractivity contribution in [3.05, 3.63) is 35.4 Å². The number of aliphatic carboxylic acids is 1. The maximum absolute atomic E-state index is 12.9. The van der Waals surface area contributed by atoms with Gasteiger partial charge in [-0.15, -0.1) is 0 Å². The zero-order valence-electron chi connectivity index (χ0n) is 14.9. The summed E-state index contributed by atoms with van der Waals surface area (Å²) in [7, 11) is 0. The van der Waals surface area contributed by atoms with Crippen molar-refractivity contribution in [2.75, 3.05) is 0 Å². The number of aryl methyl sites for hydroxylation is 1. The molecule has 0 bridgehead atoms. The number of nitrogens with one attached hydrogen (secondary N) is 1. The van der Waals surface area contributed by atoms with E-state index in [9.17, 15) is 27.9 Å². The molecular weight excluding hydrogens is 347 g/mol. The zero-order valence-corrected chi connectivity index (χ0v) is 14.9. The first-order valence-electron chi connectivity index (χ1n) is 8.68. The van der Waals surface area contributed by atoms with Crippen LogP contribution in [-0.4, -0.2) is 29.2 Å². The summed E-state index contributed by atoms with van der Waals surface area (Å²) in [5.74, 6) is -2.16. The van der Waals surface area contributed by atoms with Crippen molar-refractivity contribution in [3.63, 3.8) is 0 Å². The normalized spacial score (nSPS) is 18.7. The van der Waals surface area contributed by atoms with Crippen molar-refractivity contribution in [2.24, 2.45) is 5.41 Å². The lowest BCUT2D eigenvalue weighted by atomic mass is 9.79. The maximum atomic E-state index is 12.9. The van der Waals surface area contributed by atoms with Crippen LogP contribution in [-0.2, 0) is 16.0 Å². The molecule has 2 atom stereocenters. The lowest BCUT2D eigenvalue weighted by Gasteiger charge is -2.30. The molecule has 0 saturated carbocycles. The van der Waals surface area contributed by atoms with Gasteiger partial charge in [-0.05, 0) is 42.7 Å². The van der Waals surface area contributed by atoms with E-state index in [0.29, 0.717) is 0 Å². The van der Waals surface area contributed by atoms with Crippen molar-refractivity contribution in [1.82, 2.24) is 5.32 Å². The average Bonchev–Trinajstić information content (AvgIpc) is 2.52. The number of carboxylic acid groups (broad SMARTS) is 1. The number of amides is 1. The number of rotatable bonds is 6. The van der Waals surface area contributed by atoms with Crippen LogP contribution < -0.4 is 5.32 Å². The molecule has 0 aromatic heterocycles. The number of carboxylic acids is 1. The predicted molar refractivity (Wildman–Crippen MR) is 90.8 cm³/mol. The molecule has 2 N–H and O–H groups in total. The molecule has 2 rings (SSSR count). The Morgan fingerprint density at radius 2 is 1.92 bits per heavy atom. The monoisotopic (exact) mass is 371 g/mol. The summed E-state index contributed by atoms with van der Waals surface area (Å²) >= 11 is 0. The first kappa shape index (κ1) is 20.3. The van der Waals surface area contributed by atoms with E-state index in [1.807, 2.05) is 24.3 Å². The molecule has 0 spiro atoms. The van der Waals surface area contributed by atoms with Crippen LogP contribution in [0.3, 0.4) is 0 Å². The lowest BCUT2D eigenvalue weighted by Crippen LogP contribution is -2.45. The van der Waals surface area contributed by atoms with E-state index in [4.69, 9.17) is 0 Å². The Morgan fingerprint density at radius 3 is 2.54 bits per heavy atom.